The van der Waals surface area contributed by atoms with Gasteiger partial charge in [-0.1, -0.05) is 6.07 Å². The number of rotatable bonds is 9. The molecule has 0 atom stereocenters. The molecule has 0 saturated heterocycles. The van der Waals surface area contributed by atoms with E-state index in [-0.39, 0.29) is 6.61 Å². The Balaban J connectivity index is 2.41. The zero-order chi connectivity index (χ0) is 23.3. The second-order valence-corrected chi connectivity index (χ2v) is 7.02. The Hall–Kier alpha value is -3.42. The van der Waals surface area contributed by atoms with Crippen LogP contribution < -0.4 is 23.7 Å². The quantitative estimate of drug-likeness (QED) is 0.493. The molecule has 170 valence electrons. The first-order valence-electron chi connectivity index (χ1n) is 9.92. The number of ether oxygens (including phenoxy) is 5. The molecule has 0 aliphatic heterocycles. The van der Waals surface area contributed by atoms with Gasteiger partial charge >= 0.3 is 0 Å². The Morgan fingerprint density at radius 2 is 1.00 bits per heavy atom. The molecule has 0 radical (unpaired) electrons. The van der Waals surface area contributed by atoms with Crippen LogP contribution in [0, 0.1) is 0 Å². The summed E-state index contributed by atoms with van der Waals surface area (Å²) in [5.74, 6) is 2.52. The molecule has 32 heavy (non-hydrogen) atoms. The van der Waals surface area contributed by atoms with E-state index in [0.29, 0.717) is 51.0 Å². The van der Waals surface area contributed by atoms with E-state index >= 15 is 0 Å². The zero-order valence-corrected chi connectivity index (χ0v) is 18.8. The first-order chi connectivity index (χ1) is 15.5. The normalized spacial score (nSPS) is 11.1. The van der Waals surface area contributed by atoms with Crippen LogP contribution in [0.2, 0.25) is 0 Å². The first kappa shape index (κ1) is 23.2. The summed E-state index contributed by atoms with van der Waals surface area (Å²) in [5, 5.41) is 22.6. The van der Waals surface area contributed by atoms with Crippen molar-refractivity contribution in [2.45, 2.75) is 12.2 Å². The third-order valence-corrected chi connectivity index (χ3v) is 5.47. The molecule has 3 aromatic carbocycles. The summed E-state index contributed by atoms with van der Waals surface area (Å²) in [6.07, 6.45) is 0. The highest BCUT2D eigenvalue weighted by Crippen LogP contribution is 2.47. The average molecular weight is 440 g/mol. The first-order valence-corrected chi connectivity index (χ1v) is 9.92. The largest absolute Gasteiger partial charge is 0.497 e. The van der Waals surface area contributed by atoms with Crippen LogP contribution in [-0.2, 0) is 12.2 Å². The maximum absolute atomic E-state index is 12.5. The van der Waals surface area contributed by atoms with E-state index in [9.17, 15) is 10.2 Å². The van der Waals surface area contributed by atoms with Crippen molar-refractivity contribution in [1.29, 1.82) is 0 Å². The van der Waals surface area contributed by atoms with Crippen LogP contribution in [0.5, 0.6) is 28.7 Å². The van der Waals surface area contributed by atoms with E-state index in [1.165, 1.54) is 14.2 Å². The van der Waals surface area contributed by atoms with Crippen molar-refractivity contribution in [1.82, 2.24) is 0 Å². The van der Waals surface area contributed by atoms with Gasteiger partial charge < -0.3 is 33.9 Å². The molecule has 0 heterocycles. The van der Waals surface area contributed by atoms with Gasteiger partial charge in [0.1, 0.15) is 34.3 Å². The van der Waals surface area contributed by atoms with Crippen LogP contribution in [0.4, 0.5) is 0 Å². The van der Waals surface area contributed by atoms with Gasteiger partial charge in [-0.15, -0.1) is 0 Å². The minimum atomic E-state index is -1.75. The number of aliphatic hydroxyl groups is 2. The van der Waals surface area contributed by atoms with Crippen LogP contribution in [0.1, 0.15) is 22.3 Å². The minimum Gasteiger partial charge on any atom is -0.497 e. The third kappa shape index (κ3) is 4.04. The van der Waals surface area contributed by atoms with E-state index in [4.69, 9.17) is 23.7 Å². The fraction of sp³-hybridized carbons (Fsp3) is 0.280. The van der Waals surface area contributed by atoms with Gasteiger partial charge in [-0.05, 0) is 47.5 Å². The van der Waals surface area contributed by atoms with E-state index in [0.717, 1.165) is 0 Å². The highest BCUT2D eigenvalue weighted by atomic mass is 16.5. The smallest absolute Gasteiger partial charge is 0.148 e. The van der Waals surface area contributed by atoms with E-state index < -0.39 is 5.60 Å². The summed E-state index contributed by atoms with van der Waals surface area (Å²) >= 11 is 0. The highest BCUT2D eigenvalue weighted by molar-refractivity contribution is 5.60. The number of methoxy groups -OCH3 is 5. The Morgan fingerprint density at radius 1 is 0.594 bits per heavy atom. The Bertz CT molecular complexity index is 943. The van der Waals surface area contributed by atoms with Crippen LogP contribution in [0.15, 0.2) is 54.6 Å². The van der Waals surface area contributed by atoms with Crippen LogP contribution in [0.3, 0.4) is 0 Å². The SMILES string of the molecule is COc1ccc(C(O)(c2ccc(OC)cc2OC)c2ccc(OC)cc2OC)c(CO)c1. The minimum absolute atomic E-state index is 0.314. The zero-order valence-electron chi connectivity index (χ0n) is 18.8. The number of aliphatic hydroxyl groups excluding tert-OH is 1. The average Bonchev–Trinajstić information content (AvgIpc) is 2.86. The summed E-state index contributed by atoms with van der Waals surface area (Å²) in [4.78, 5) is 0. The molecule has 0 aliphatic rings. The lowest BCUT2D eigenvalue weighted by Crippen LogP contribution is -2.31. The highest BCUT2D eigenvalue weighted by Gasteiger charge is 2.41. The van der Waals surface area contributed by atoms with Gasteiger partial charge in [0.15, 0.2) is 0 Å². The van der Waals surface area contributed by atoms with Gasteiger partial charge in [-0.2, -0.15) is 0 Å². The lowest BCUT2D eigenvalue weighted by atomic mass is 9.77. The van der Waals surface area contributed by atoms with Crippen molar-refractivity contribution < 1.29 is 33.9 Å². The molecule has 7 nitrogen and oxygen atoms in total. The molecule has 2 N–H and O–H groups in total. The second-order valence-electron chi connectivity index (χ2n) is 7.02. The third-order valence-electron chi connectivity index (χ3n) is 5.47. The maximum atomic E-state index is 12.5. The molecule has 0 amide bonds. The topological polar surface area (TPSA) is 86.6 Å². The molecule has 0 saturated carbocycles. The fourth-order valence-corrected chi connectivity index (χ4v) is 3.81. The number of benzene rings is 3. The Kier molecular flexibility index (Phi) is 7.12. The summed E-state index contributed by atoms with van der Waals surface area (Å²) in [5.41, 5.74) is 0.0862. The molecule has 0 fully saturated rings. The monoisotopic (exact) mass is 440 g/mol. The van der Waals surface area contributed by atoms with Crippen LogP contribution >= 0.6 is 0 Å². The van der Waals surface area contributed by atoms with Gasteiger partial charge in [0.25, 0.3) is 0 Å². The molecule has 0 bridgehead atoms. The van der Waals surface area contributed by atoms with Crippen molar-refractivity contribution in [3.05, 3.63) is 76.9 Å². The molecule has 0 aliphatic carbocycles. The second kappa shape index (κ2) is 9.80. The molecular weight excluding hydrogens is 412 g/mol. The van der Waals surface area contributed by atoms with Gasteiger partial charge in [-0.25, -0.2) is 0 Å². The predicted molar refractivity (Wildman–Crippen MR) is 120 cm³/mol. The van der Waals surface area contributed by atoms with E-state index in [1.807, 2.05) is 0 Å². The van der Waals surface area contributed by atoms with Gasteiger partial charge in [0.05, 0.1) is 42.2 Å². The predicted octanol–water partition coefficient (Wildman–Crippen LogP) is 3.51. The van der Waals surface area contributed by atoms with Gasteiger partial charge in [-0.3, -0.25) is 0 Å². The molecule has 3 aromatic rings. The molecule has 0 unspecified atom stereocenters. The fourth-order valence-electron chi connectivity index (χ4n) is 3.81. The molecule has 0 aromatic heterocycles. The van der Waals surface area contributed by atoms with Crippen molar-refractivity contribution >= 4 is 0 Å². The lowest BCUT2D eigenvalue weighted by Gasteiger charge is -2.34. The summed E-state index contributed by atoms with van der Waals surface area (Å²) in [6, 6.07) is 15.5. The lowest BCUT2D eigenvalue weighted by molar-refractivity contribution is 0.115. The molecule has 0 spiro atoms. The van der Waals surface area contributed by atoms with E-state index in [2.05, 4.69) is 0 Å². The Morgan fingerprint density at radius 3 is 1.38 bits per heavy atom. The van der Waals surface area contributed by atoms with Crippen molar-refractivity contribution in [3.8, 4) is 28.7 Å². The van der Waals surface area contributed by atoms with Crippen molar-refractivity contribution in [3.63, 3.8) is 0 Å². The summed E-state index contributed by atoms with van der Waals surface area (Å²) in [6.45, 7) is -0.314. The number of hydrogen-bond acceptors (Lipinski definition) is 7. The standard InChI is InChI=1S/C25H28O7/c1-28-17-6-9-20(16(12-17)15-26)25(27,21-10-7-18(29-2)13-23(21)31-4)22-11-8-19(30-3)14-24(22)32-5/h6-14,26-27H,15H2,1-5H3. The summed E-state index contributed by atoms with van der Waals surface area (Å²) < 4.78 is 27.2. The molecule has 7 heteroatoms. The van der Waals surface area contributed by atoms with Gasteiger partial charge in [0, 0.05) is 23.3 Å². The summed E-state index contributed by atoms with van der Waals surface area (Å²) in [7, 11) is 7.69. The van der Waals surface area contributed by atoms with Gasteiger partial charge in [0.2, 0.25) is 0 Å². The van der Waals surface area contributed by atoms with Crippen molar-refractivity contribution in [2.24, 2.45) is 0 Å². The number of hydrogen-bond donors (Lipinski definition) is 2. The molecule has 3 rings (SSSR count). The van der Waals surface area contributed by atoms with E-state index in [1.54, 1.807) is 75.9 Å². The maximum Gasteiger partial charge on any atom is 0.148 e. The van der Waals surface area contributed by atoms with Crippen LogP contribution in [0.25, 0.3) is 0 Å². The van der Waals surface area contributed by atoms with Crippen molar-refractivity contribution in [2.75, 3.05) is 35.5 Å². The molecular formula is C25H28O7. The Labute approximate surface area is 187 Å². The van der Waals surface area contributed by atoms with Crippen LogP contribution in [-0.4, -0.2) is 45.8 Å².